The summed E-state index contributed by atoms with van der Waals surface area (Å²) in [6, 6.07) is 0.208. The molecule has 0 spiro atoms. The molecule has 2 nitrogen and oxygen atoms in total. The van der Waals surface area contributed by atoms with Crippen LogP contribution in [0.4, 0.5) is 0 Å². The first kappa shape index (κ1) is 13.2. The van der Waals surface area contributed by atoms with Crippen molar-refractivity contribution >= 4 is 17.5 Å². The first-order valence-corrected chi connectivity index (χ1v) is 7.56. The summed E-state index contributed by atoms with van der Waals surface area (Å²) in [4.78, 5) is 12.2. The van der Waals surface area contributed by atoms with E-state index >= 15 is 0 Å². The molecular formula is C14H24ClNO. The fraction of sp³-hybridized carbons (Fsp3) is 0.929. The van der Waals surface area contributed by atoms with Gasteiger partial charge in [-0.2, -0.15) is 0 Å². The lowest BCUT2D eigenvalue weighted by Gasteiger charge is -2.24. The summed E-state index contributed by atoms with van der Waals surface area (Å²) in [5.74, 6) is 1.05. The van der Waals surface area contributed by atoms with Crippen LogP contribution in [-0.2, 0) is 4.79 Å². The standard InChI is InChI=1S/C14H24ClNO/c1-10-6-5-7-11(10)14(17)16-13-9-4-2-3-8-12(13)15/h10-13H,2-9H2,1H3,(H,16,17). The molecule has 2 rings (SSSR count). The summed E-state index contributed by atoms with van der Waals surface area (Å²) in [6.45, 7) is 2.20. The Kier molecular flexibility index (Phi) is 4.72. The highest BCUT2D eigenvalue weighted by Crippen LogP contribution is 2.32. The summed E-state index contributed by atoms with van der Waals surface area (Å²) in [7, 11) is 0. The van der Waals surface area contributed by atoms with Crippen molar-refractivity contribution in [2.75, 3.05) is 0 Å². The second kappa shape index (κ2) is 6.08. The highest BCUT2D eigenvalue weighted by molar-refractivity contribution is 6.21. The van der Waals surface area contributed by atoms with Crippen molar-refractivity contribution in [2.24, 2.45) is 11.8 Å². The molecule has 0 saturated heterocycles. The Morgan fingerprint density at radius 1 is 1.06 bits per heavy atom. The number of alkyl halides is 1. The molecule has 0 bridgehead atoms. The van der Waals surface area contributed by atoms with Crippen LogP contribution in [-0.4, -0.2) is 17.3 Å². The van der Waals surface area contributed by atoms with Gasteiger partial charge >= 0.3 is 0 Å². The Balaban J connectivity index is 1.88. The average Bonchev–Trinajstić information content (AvgIpc) is 2.63. The fourth-order valence-corrected chi connectivity index (χ4v) is 3.59. The molecule has 0 radical (unpaired) electrons. The average molecular weight is 258 g/mol. The third kappa shape index (κ3) is 3.37. The van der Waals surface area contributed by atoms with Gasteiger partial charge < -0.3 is 5.32 Å². The van der Waals surface area contributed by atoms with Crippen molar-refractivity contribution in [1.82, 2.24) is 5.32 Å². The second-order valence-corrected chi connectivity index (χ2v) is 6.34. The number of amides is 1. The van der Waals surface area contributed by atoms with Crippen LogP contribution in [0.2, 0.25) is 0 Å². The lowest BCUT2D eigenvalue weighted by molar-refractivity contribution is -0.126. The molecule has 3 heteroatoms. The SMILES string of the molecule is CC1CCCC1C(=O)NC1CCCCCC1Cl. The van der Waals surface area contributed by atoms with E-state index in [2.05, 4.69) is 12.2 Å². The van der Waals surface area contributed by atoms with Crippen molar-refractivity contribution in [3.05, 3.63) is 0 Å². The van der Waals surface area contributed by atoms with Crippen molar-refractivity contribution in [1.29, 1.82) is 0 Å². The zero-order chi connectivity index (χ0) is 12.3. The molecule has 1 N–H and O–H groups in total. The predicted molar refractivity (Wildman–Crippen MR) is 71.2 cm³/mol. The molecule has 17 heavy (non-hydrogen) atoms. The Morgan fingerprint density at radius 2 is 1.82 bits per heavy atom. The van der Waals surface area contributed by atoms with Gasteiger partial charge in [-0.3, -0.25) is 4.79 Å². The zero-order valence-electron chi connectivity index (χ0n) is 10.8. The van der Waals surface area contributed by atoms with Gasteiger partial charge in [-0.25, -0.2) is 0 Å². The van der Waals surface area contributed by atoms with Crippen molar-refractivity contribution in [3.8, 4) is 0 Å². The van der Waals surface area contributed by atoms with E-state index in [0.717, 1.165) is 19.3 Å². The molecule has 0 aliphatic heterocycles. The maximum atomic E-state index is 12.2. The lowest BCUT2D eigenvalue weighted by atomic mass is 9.96. The Hall–Kier alpha value is -0.240. The molecule has 0 aromatic carbocycles. The number of rotatable bonds is 2. The number of carbonyl (C=O) groups excluding carboxylic acids is 1. The Morgan fingerprint density at radius 3 is 2.53 bits per heavy atom. The van der Waals surface area contributed by atoms with Crippen LogP contribution in [0.1, 0.15) is 58.3 Å². The molecule has 0 aromatic rings. The van der Waals surface area contributed by atoms with Crippen LogP contribution >= 0.6 is 11.6 Å². The van der Waals surface area contributed by atoms with Gasteiger partial charge in [0.05, 0.1) is 5.38 Å². The summed E-state index contributed by atoms with van der Waals surface area (Å²) < 4.78 is 0. The van der Waals surface area contributed by atoms with E-state index in [1.54, 1.807) is 0 Å². The van der Waals surface area contributed by atoms with Crippen LogP contribution in [0.5, 0.6) is 0 Å². The highest BCUT2D eigenvalue weighted by Gasteiger charge is 2.32. The summed E-state index contributed by atoms with van der Waals surface area (Å²) in [6.07, 6.45) is 9.24. The van der Waals surface area contributed by atoms with Gasteiger partial charge in [-0.15, -0.1) is 11.6 Å². The number of carbonyl (C=O) groups is 1. The summed E-state index contributed by atoms with van der Waals surface area (Å²) in [5.41, 5.74) is 0. The van der Waals surface area contributed by atoms with Gasteiger partial charge in [0.15, 0.2) is 0 Å². The van der Waals surface area contributed by atoms with Crippen molar-refractivity contribution in [3.63, 3.8) is 0 Å². The largest absolute Gasteiger partial charge is 0.352 e. The lowest BCUT2D eigenvalue weighted by Crippen LogP contribution is -2.43. The molecule has 2 aliphatic rings. The van der Waals surface area contributed by atoms with Crippen LogP contribution in [0.3, 0.4) is 0 Å². The van der Waals surface area contributed by atoms with Gasteiger partial charge in [-0.05, 0) is 31.6 Å². The molecule has 2 fully saturated rings. The van der Waals surface area contributed by atoms with E-state index in [-0.39, 0.29) is 23.2 Å². The normalized spacial score (nSPS) is 38.7. The molecule has 4 unspecified atom stereocenters. The van der Waals surface area contributed by atoms with E-state index < -0.39 is 0 Å². The third-order valence-corrected chi connectivity index (χ3v) is 4.98. The predicted octanol–water partition coefficient (Wildman–Crippen LogP) is 3.48. The number of halogens is 1. The van der Waals surface area contributed by atoms with Crippen molar-refractivity contribution < 1.29 is 4.79 Å². The highest BCUT2D eigenvalue weighted by atomic mass is 35.5. The molecule has 0 aromatic heterocycles. The molecule has 4 atom stereocenters. The monoisotopic (exact) mass is 257 g/mol. The molecule has 98 valence electrons. The minimum absolute atomic E-state index is 0.137. The van der Waals surface area contributed by atoms with E-state index in [4.69, 9.17) is 11.6 Å². The van der Waals surface area contributed by atoms with Gasteiger partial charge in [0, 0.05) is 12.0 Å². The van der Waals surface area contributed by atoms with Gasteiger partial charge in [-0.1, -0.05) is 32.6 Å². The molecule has 0 heterocycles. The third-order valence-electron chi connectivity index (χ3n) is 4.46. The number of hydrogen-bond acceptors (Lipinski definition) is 1. The Labute approximate surface area is 109 Å². The molecule has 1 amide bonds. The van der Waals surface area contributed by atoms with Gasteiger partial charge in [0.1, 0.15) is 0 Å². The smallest absolute Gasteiger partial charge is 0.223 e. The first-order valence-electron chi connectivity index (χ1n) is 7.13. The quantitative estimate of drug-likeness (QED) is 0.596. The van der Waals surface area contributed by atoms with Gasteiger partial charge in [0.25, 0.3) is 0 Å². The van der Waals surface area contributed by atoms with E-state index in [0.29, 0.717) is 5.92 Å². The summed E-state index contributed by atoms with van der Waals surface area (Å²) in [5, 5.41) is 3.35. The van der Waals surface area contributed by atoms with Crippen LogP contribution in [0.15, 0.2) is 0 Å². The van der Waals surface area contributed by atoms with Crippen LogP contribution in [0.25, 0.3) is 0 Å². The Bertz CT molecular complexity index is 269. The zero-order valence-corrected chi connectivity index (χ0v) is 11.5. The topological polar surface area (TPSA) is 29.1 Å². The van der Waals surface area contributed by atoms with Crippen LogP contribution < -0.4 is 5.32 Å². The van der Waals surface area contributed by atoms with E-state index in [1.807, 2.05) is 0 Å². The van der Waals surface area contributed by atoms with E-state index in [1.165, 1.54) is 32.1 Å². The summed E-state index contributed by atoms with van der Waals surface area (Å²) >= 11 is 6.36. The molecular weight excluding hydrogens is 234 g/mol. The van der Waals surface area contributed by atoms with Crippen LogP contribution in [0, 0.1) is 11.8 Å². The second-order valence-electron chi connectivity index (χ2n) is 5.78. The number of hydrogen-bond donors (Lipinski definition) is 1. The minimum Gasteiger partial charge on any atom is -0.352 e. The maximum Gasteiger partial charge on any atom is 0.223 e. The maximum absolute atomic E-state index is 12.2. The first-order chi connectivity index (χ1) is 8.18. The molecule has 2 aliphatic carbocycles. The fourth-order valence-electron chi connectivity index (χ4n) is 3.25. The van der Waals surface area contributed by atoms with E-state index in [9.17, 15) is 4.79 Å². The molecule has 2 saturated carbocycles. The van der Waals surface area contributed by atoms with Crippen molar-refractivity contribution in [2.45, 2.75) is 69.7 Å². The number of nitrogens with one attached hydrogen (secondary N) is 1. The van der Waals surface area contributed by atoms with Gasteiger partial charge in [0.2, 0.25) is 5.91 Å². The minimum atomic E-state index is 0.137.